The maximum absolute atomic E-state index is 12.0. The van der Waals surface area contributed by atoms with Crippen molar-refractivity contribution in [1.82, 2.24) is 15.6 Å². The summed E-state index contributed by atoms with van der Waals surface area (Å²) in [7, 11) is 0. The van der Waals surface area contributed by atoms with Crippen molar-refractivity contribution in [2.24, 2.45) is 0 Å². The number of hydrogen-bond acceptors (Lipinski definition) is 4. The van der Waals surface area contributed by atoms with Gasteiger partial charge < -0.3 is 10.6 Å². The Morgan fingerprint density at radius 1 is 1.58 bits per heavy atom. The van der Waals surface area contributed by atoms with Gasteiger partial charge in [0.25, 0.3) is 0 Å². The smallest absolute Gasteiger partial charge is 0.226 e. The highest BCUT2D eigenvalue weighted by Gasteiger charge is 2.20. The number of piperidine rings is 1. The van der Waals surface area contributed by atoms with Crippen molar-refractivity contribution in [3.63, 3.8) is 0 Å². The minimum atomic E-state index is 0.0622. The second kappa shape index (κ2) is 6.01. The number of hydrogen-bond donors (Lipinski definition) is 2. The molecule has 0 radical (unpaired) electrons. The van der Waals surface area contributed by atoms with E-state index in [4.69, 9.17) is 0 Å². The molecule has 0 aliphatic carbocycles. The normalized spacial score (nSPS) is 20.3. The Bertz CT molecular complexity index is 430. The lowest BCUT2D eigenvalue weighted by molar-refractivity contribution is -0.121. The Morgan fingerprint density at radius 2 is 2.37 bits per heavy atom. The van der Waals surface area contributed by atoms with Crippen LogP contribution >= 0.6 is 11.3 Å². The SMILES string of the molecule is CC(C)(C)c1nc(CC(=O)N[C@H]2CCCNC2)cs1. The van der Waals surface area contributed by atoms with Crippen molar-refractivity contribution in [3.8, 4) is 0 Å². The number of nitrogens with one attached hydrogen (secondary N) is 2. The number of carbonyl (C=O) groups is 1. The largest absolute Gasteiger partial charge is 0.352 e. The Hall–Kier alpha value is -0.940. The molecule has 1 amide bonds. The van der Waals surface area contributed by atoms with E-state index in [2.05, 4.69) is 36.4 Å². The minimum Gasteiger partial charge on any atom is -0.352 e. The van der Waals surface area contributed by atoms with E-state index >= 15 is 0 Å². The standard InChI is InChI=1S/C14H23N3OS/c1-14(2,3)13-17-11(9-19-13)7-12(18)16-10-5-4-6-15-8-10/h9-10,15H,4-8H2,1-3H3,(H,16,18)/t10-/m0/s1. The van der Waals surface area contributed by atoms with Crippen LogP contribution in [-0.2, 0) is 16.6 Å². The molecule has 0 saturated carbocycles. The third-order valence-corrected chi connectivity index (χ3v) is 4.51. The van der Waals surface area contributed by atoms with Crippen LogP contribution in [0.25, 0.3) is 0 Å². The number of nitrogens with zero attached hydrogens (tertiary/aromatic N) is 1. The van der Waals surface area contributed by atoms with Crippen LogP contribution in [0.4, 0.5) is 0 Å². The Balaban J connectivity index is 1.86. The number of amides is 1. The Kier molecular flexibility index (Phi) is 4.58. The van der Waals surface area contributed by atoms with Gasteiger partial charge in [-0.1, -0.05) is 20.8 Å². The molecule has 1 aliphatic heterocycles. The van der Waals surface area contributed by atoms with Crippen LogP contribution in [0, 0.1) is 0 Å². The number of aromatic nitrogens is 1. The molecule has 0 aromatic carbocycles. The first kappa shape index (κ1) is 14.5. The predicted molar refractivity (Wildman–Crippen MR) is 78.6 cm³/mol. The fourth-order valence-electron chi connectivity index (χ4n) is 2.15. The van der Waals surface area contributed by atoms with Gasteiger partial charge in [-0.05, 0) is 19.4 Å². The van der Waals surface area contributed by atoms with Gasteiger partial charge in [0.2, 0.25) is 5.91 Å². The molecule has 1 saturated heterocycles. The van der Waals surface area contributed by atoms with E-state index in [1.165, 1.54) is 0 Å². The molecule has 19 heavy (non-hydrogen) atoms. The van der Waals surface area contributed by atoms with Crippen LogP contribution in [0.5, 0.6) is 0 Å². The fourth-order valence-corrected chi connectivity index (χ4v) is 3.06. The van der Waals surface area contributed by atoms with Crippen molar-refractivity contribution in [1.29, 1.82) is 0 Å². The van der Waals surface area contributed by atoms with Crippen molar-refractivity contribution < 1.29 is 4.79 Å². The van der Waals surface area contributed by atoms with Crippen LogP contribution < -0.4 is 10.6 Å². The fraction of sp³-hybridized carbons (Fsp3) is 0.714. The molecule has 1 aromatic heterocycles. The zero-order valence-electron chi connectivity index (χ0n) is 12.0. The minimum absolute atomic E-state index is 0.0622. The maximum Gasteiger partial charge on any atom is 0.226 e. The summed E-state index contributed by atoms with van der Waals surface area (Å²) in [6.07, 6.45) is 2.60. The van der Waals surface area contributed by atoms with E-state index in [1.807, 2.05) is 5.38 Å². The van der Waals surface area contributed by atoms with Gasteiger partial charge in [-0.3, -0.25) is 4.79 Å². The van der Waals surface area contributed by atoms with Crippen molar-refractivity contribution in [3.05, 3.63) is 16.1 Å². The van der Waals surface area contributed by atoms with Gasteiger partial charge in [0.05, 0.1) is 17.1 Å². The zero-order valence-corrected chi connectivity index (χ0v) is 12.8. The molecule has 0 spiro atoms. The molecule has 5 heteroatoms. The van der Waals surface area contributed by atoms with E-state index < -0.39 is 0 Å². The van der Waals surface area contributed by atoms with Gasteiger partial charge >= 0.3 is 0 Å². The highest BCUT2D eigenvalue weighted by molar-refractivity contribution is 7.09. The monoisotopic (exact) mass is 281 g/mol. The summed E-state index contributed by atoms with van der Waals surface area (Å²) in [5.74, 6) is 0.0828. The summed E-state index contributed by atoms with van der Waals surface area (Å²) in [4.78, 5) is 16.5. The molecule has 1 fully saturated rings. The van der Waals surface area contributed by atoms with Gasteiger partial charge in [0.15, 0.2) is 0 Å². The lowest BCUT2D eigenvalue weighted by Gasteiger charge is -2.23. The van der Waals surface area contributed by atoms with Crippen LogP contribution in [0.2, 0.25) is 0 Å². The number of thiazole rings is 1. The quantitative estimate of drug-likeness (QED) is 0.889. The molecule has 1 aromatic rings. The third-order valence-electron chi connectivity index (χ3n) is 3.20. The highest BCUT2D eigenvalue weighted by Crippen LogP contribution is 2.25. The van der Waals surface area contributed by atoms with E-state index in [0.717, 1.165) is 36.6 Å². The molecule has 0 bridgehead atoms. The Morgan fingerprint density at radius 3 is 2.95 bits per heavy atom. The highest BCUT2D eigenvalue weighted by atomic mass is 32.1. The second-order valence-corrected chi connectivity index (χ2v) is 7.04. The van der Waals surface area contributed by atoms with Crippen LogP contribution in [-0.4, -0.2) is 30.0 Å². The van der Waals surface area contributed by atoms with Crippen LogP contribution in [0.15, 0.2) is 5.38 Å². The van der Waals surface area contributed by atoms with Crippen molar-refractivity contribution in [2.75, 3.05) is 13.1 Å². The first-order chi connectivity index (χ1) is 8.95. The molecule has 106 valence electrons. The molecule has 4 nitrogen and oxygen atoms in total. The zero-order chi connectivity index (χ0) is 13.9. The van der Waals surface area contributed by atoms with Gasteiger partial charge in [-0.25, -0.2) is 4.98 Å². The lowest BCUT2D eigenvalue weighted by Crippen LogP contribution is -2.46. The number of rotatable bonds is 3. The first-order valence-corrected chi connectivity index (χ1v) is 7.78. The molecule has 1 atom stereocenters. The van der Waals surface area contributed by atoms with Crippen LogP contribution in [0.1, 0.15) is 44.3 Å². The average molecular weight is 281 g/mol. The second-order valence-electron chi connectivity index (χ2n) is 6.18. The Labute approximate surface area is 119 Å². The summed E-state index contributed by atoms with van der Waals surface area (Å²) in [5, 5.41) is 9.47. The maximum atomic E-state index is 12.0. The van der Waals surface area contributed by atoms with Gasteiger partial charge in [-0.2, -0.15) is 0 Å². The van der Waals surface area contributed by atoms with Crippen molar-refractivity contribution >= 4 is 17.2 Å². The predicted octanol–water partition coefficient (Wildman–Crippen LogP) is 1.85. The lowest BCUT2D eigenvalue weighted by atomic mass is 9.98. The summed E-state index contributed by atoms with van der Waals surface area (Å²) in [6.45, 7) is 8.37. The number of carbonyl (C=O) groups excluding carboxylic acids is 1. The summed E-state index contributed by atoms with van der Waals surface area (Å²) in [6, 6.07) is 0.280. The van der Waals surface area contributed by atoms with Crippen molar-refractivity contribution in [2.45, 2.75) is 51.5 Å². The molecule has 2 N–H and O–H groups in total. The average Bonchev–Trinajstić information content (AvgIpc) is 2.78. The topological polar surface area (TPSA) is 54.0 Å². The van der Waals surface area contributed by atoms with E-state index in [9.17, 15) is 4.79 Å². The third kappa shape index (κ3) is 4.28. The summed E-state index contributed by atoms with van der Waals surface area (Å²) >= 11 is 1.64. The molecular formula is C14H23N3OS. The van der Waals surface area contributed by atoms with Crippen LogP contribution in [0.3, 0.4) is 0 Å². The molecule has 2 rings (SSSR count). The van der Waals surface area contributed by atoms with E-state index in [-0.39, 0.29) is 17.4 Å². The first-order valence-electron chi connectivity index (χ1n) is 6.90. The van der Waals surface area contributed by atoms with Gasteiger partial charge in [-0.15, -0.1) is 11.3 Å². The molecule has 0 unspecified atom stereocenters. The summed E-state index contributed by atoms with van der Waals surface area (Å²) in [5.41, 5.74) is 0.948. The van der Waals surface area contributed by atoms with Gasteiger partial charge in [0.1, 0.15) is 0 Å². The van der Waals surface area contributed by atoms with E-state index in [1.54, 1.807) is 11.3 Å². The van der Waals surface area contributed by atoms with E-state index in [0.29, 0.717) is 6.42 Å². The molecule has 1 aliphatic rings. The summed E-state index contributed by atoms with van der Waals surface area (Å²) < 4.78 is 0. The van der Waals surface area contributed by atoms with Gasteiger partial charge in [0, 0.05) is 23.4 Å². The molecule has 2 heterocycles. The molecular weight excluding hydrogens is 258 g/mol.